The number of ether oxygens (including phenoxy) is 1. The second kappa shape index (κ2) is 11.9. The van der Waals surface area contributed by atoms with Gasteiger partial charge in [0.1, 0.15) is 0 Å². The number of carbonyl (C=O) groups is 3. The van der Waals surface area contributed by atoms with Crippen LogP contribution in [-0.4, -0.2) is 83.1 Å². The summed E-state index contributed by atoms with van der Waals surface area (Å²) >= 11 is 0. The van der Waals surface area contributed by atoms with Gasteiger partial charge in [0.15, 0.2) is 36.7 Å². The topological polar surface area (TPSA) is 226 Å². The Morgan fingerprint density at radius 1 is 1.24 bits per heavy atom. The van der Waals surface area contributed by atoms with Crippen LogP contribution in [0.1, 0.15) is 16.3 Å². The lowest BCUT2D eigenvalue weighted by atomic mass is 10.0. The van der Waals surface area contributed by atoms with E-state index in [0.29, 0.717) is 17.7 Å². The third-order valence-corrected chi connectivity index (χ3v) is 4.48. The summed E-state index contributed by atoms with van der Waals surface area (Å²) in [5.74, 6) is -3.84. The number of rotatable bonds is 12. The van der Waals surface area contributed by atoms with Gasteiger partial charge in [-0.15, -0.1) is 10.2 Å². The van der Waals surface area contributed by atoms with Crippen LogP contribution in [0.5, 0.6) is 5.75 Å². The van der Waals surface area contributed by atoms with E-state index >= 15 is 0 Å². The predicted molar refractivity (Wildman–Crippen MR) is 127 cm³/mol. The molecule has 7 N–H and O–H groups in total. The van der Waals surface area contributed by atoms with E-state index in [0.717, 1.165) is 0 Å². The van der Waals surface area contributed by atoms with Gasteiger partial charge in [-0.3, -0.25) is 14.4 Å². The van der Waals surface area contributed by atoms with Crippen molar-refractivity contribution in [2.75, 3.05) is 31.3 Å². The molecule has 37 heavy (non-hydrogen) atoms. The Balaban J connectivity index is 1.94. The fraction of sp³-hybridized carbons (Fsp3) is 0.250. The minimum Gasteiger partial charge on any atom is -0.494 e. The number of nitrogens with one attached hydrogen (secondary N) is 5. The van der Waals surface area contributed by atoms with Gasteiger partial charge in [-0.25, -0.2) is 0 Å². The summed E-state index contributed by atoms with van der Waals surface area (Å²) in [5, 5.41) is 42.2. The van der Waals surface area contributed by atoms with Crippen molar-refractivity contribution >= 4 is 43.3 Å². The maximum atomic E-state index is 12.5. The number of aromatic nitrogens is 4. The molecule has 3 amide bonds. The molecule has 0 fully saturated rings. The van der Waals surface area contributed by atoms with Crippen LogP contribution < -0.4 is 31.3 Å². The van der Waals surface area contributed by atoms with Crippen molar-refractivity contribution in [1.82, 2.24) is 36.3 Å². The molecule has 2 radical (unpaired) electrons. The van der Waals surface area contributed by atoms with E-state index in [-0.39, 0.29) is 53.7 Å². The van der Waals surface area contributed by atoms with E-state index in [9.17, 15) is 24.6 Å². The third-order valence-electron chi connectivity index (χ3n) is 4.48. The SMILES string of the molecule is [B]C(O)(O)NC(=O)c1nnc(NC=O)cc1Nc1cccc(-c2nc(CNC(=O)CNC)no2)c1OC. The summed E-state index contributed by atoms with van der Waals surface area (Å²) < 4.78 is 10.8. The fourth-order valence-corrected chi connectivity index (χ4v) is 3.02. The zero-order valence-electron chi connectivity index (χ0n) is 19.6. The maximum Gasteiger partial charge on any atom is 0.277 e. The summed E-state index contributed by atoms with van der Waals surface area (Å²) in [5.41, 5.74) is 0.279. The lowest BCUT2D eigenvalue weighted by molar-refractivity contribution is -0.120. The van der Waals surface area contributed by atoms with Crippen LogP contribution in [0.3, 0.4) is 0 Å². The van der Waals surface area contributed by atoms with Crippen LogP contribution >= 0.6 is 0 Å². The zero-order chi connectivity index (χ0) is 27.0. The number of nitrogens with zero attached hydrogens (tertiary/aromatic N) is 4. The van der Waals surface area contributed by atoms with E-state index in [1.807, 2.05) is 0 Å². The molecule has 3 rings (SSSR count). The summed E-state index contributed by atoms with van der Waals surface area (Å²) in [6.07, 6.45) is 0.357. The first-order valence-electron chi connectivity index (χ1n) is 10.5. The molecule has 0 unspecified atom stereocenters. The van der Waals surface area contributed by atoms with Crippen molar-refractivity contribution in [2.24, 2.45) is 0 Å². The molecule has 0 bridgehead atoms. The van der Waals surface area contributed by atoms with Gasteiger partial charge in [-0.05, 0) is 19.2 Å². The van der Waals surface area contributed by atoms with Crippen molar-refractivity contribution in [3.8, 4) is 17.2 Å². The quantitative estimate of drug-likeness (QED) is 0.0808. The average molecular weight is 511 g/mol. The third kappa shape index (κ3) is 7.20. The molecule has 17 heteroatoms. The molecule has 1 aromatic carbocycles. The molecular formula is C20H22BN9O7. The summed E-state index contributed by atoms with van der Waals surface area (Å²) in [4.78, 5) is 39.2. The Kier molecular flexibility index (Phi) is 8.67. The van der Waals surface area contributed by atoms with Gasteiger partial charge in [0.05, 0.1) is 37.1 Å². The van der Waals surface area contributed by atoms with E-state index < -0.39 is 11.7 Å². The number of para-hydroxylation sites is 1. The molecular weight excluding hydrogens is 489 g/mol. The number of methoxy groups -OCH3 is 1. The first kappa shape index (κ1) is 27.0. The largest absolute Gasteiger partial charge is 0.494 e. The Bertz CT molecular complexity index is 1280. The second-order valence-electron chi connectivity index (χ2n) is 7.27. The number of benzene rings is 1. The Morgan fingerprint density at radius 2 is 2.03 bits per heavy atom. The Morgan fingerprint density at radius 3 is 2.70 bits per heavy atom. The average Bonchev–Trinajstić information content (AvgIpc) is 3.31. The minimum absolute atomic E-state index is 0.00462. The van der Waals surface area contributed by atoms with Gasteiger partial charge in [0, 0.05) is 6.07 Å². The molecule has 0 aliphatic rings. The lowest BCUT2D eigenvalue weighted by Gasteiger charge is -2.20. The standard InChI is InChI=1S/C20H22BN9O7/c1-22-8-15(32)23-7-14-26-19(37-30-14)10-4-3-5-11(17(10)36-2)25-12-6-13(24-9-31)28-29-16(12)18(33)27-20(21,34)35/h3-6,9,22,34-35H,7-8H2,1-2H3,(H,23,32)(H,27,33)(H2,24,25,28,31). The number of likely N-dealkylation sites (N-methyl/N-ethyl adjacent to an activating group) is 1. The van der Waals surface area contributed by atoms with E-state index in [1.165, 1.54) is 13.2 Å². The highest BCUT2D eigenvalue weighted by atomic mass is 16.5. The molecule has 0 saturated heterocycles. The van der Waals surface area contributed by atoms with Crippen LogP contribution in [0.2, 0.25) is 0 Å². The molecule has 16 nitrogen and oxygen atoms in total. The second-order valence-corrected chi connectivity index (χ2v) is 7.27. The zero-order valence-corrected chi connectivity index (χ0v) is 19.6. The highest BCUT2D eigenvalue weighted by Gasteiger charge is 2.24. The van der Waals surface area contributed by atoms with E-state index in [4.69, 9.17) is 17.1 Å². The van der Waals surface area contributed by atoms with Crippen LogP contribution in [0.15, 0.2) is 28.8 Å². The Labute approximate surface area is 210 Å². The van der Waals surface area contributed by atoms with Crippen LogP contribution in [-0.2, 0) is 16.1 Å². The predicted octanol–water partition coefficient (Wildman–Crippen LogP) is -1.82. The number of hydrogen-bond donors (Lipinski definition) is 7. The normalized spacial score (nSPS) is 10.9. The molecule has 0 saturated carbocycles. The van der Waals surface area contributed by atoms with Crippen molar-refractivity contribution in [3.05, 3.63) is 35.8 Å². The number of hydrogen-bond acceptors (Lipinski definition) is 13. The van der Waals surface area contributed by atoms with Gasteiger partial charge < -0.3 is 46.1 Å². The molecule has 0 aliphatic heterocycles. The van der Waals surface area contributed by atoms with Crippen molar-refractivity contribution in [1.29, 1.82) is 0 Å². The van der Waals surface area contributed by atoms with Gasteiger partial charge in [-0.1, -0.05) is 11.2 Å². The van der Waals surface area contributed by atoms with E-state index in [1.54, 1.807) is 30.6 Å². The van der Waals surface area contributed by atoms with Gasteiger partial charge >= 0.3 is 0 Å². The first-order chi connectivity index (χ1) is 17.6. The van der Waals surface area contributed by atoms with Gasteiger partial charge in [0.2, 0.25) is 12.3 Å². The minimum atomic E-state index is -3.02. The molecule has 192 valence electrons. The van der Waals surface area contributed by atoms with Crippen LogP contribution in [0.25, 0.3) is 11.5 Å². The molecule has 3 aromatic rings. The maximum absolute atomic E-state index is 12.5. The van der Waals surface area contributed by atoms with Crippen molar-refractivity contribution in [2.45, 2.75) is 12.4 Å². The molecule has 0 aliphatic carbocycles. The number of amides is 3. The number of aliphatic hydroxyl groups is 2. The first-order valence-corrected chi connectivity index (χ1v) is 10.5. The highest BCUT2D eigenvalue weighted by molar-refractivity contribution is 6.15. The molecule has 0 atom stereocenters. The summed E-state index contributed by atoms with van der Waals surface area (Å²) in [6.45, 7) is 0.166. The number of carbonyl (C=O) groups excluding carboxylic acids is 3. The van der Waals surface area contributed by atoms with Gasteiger partial charge in [0.25, 0.3) is 11.8 Å². The summed E-state index contributed by atoms with van der Waals surface area (Å²) in [6, 6.07) is 6.13. The molecule has 2 aromatic heterocycles. The lowest BCUT2D eigenvalue weighted by Crippen LogP contribution is -2.49. The molecule has 2 heterocycles. The highest BCUT2D eigenvalue weighted by Crippen LogP contribution is 2.37. The van der Waals surface area contributed by atoms with Crippen LogP contribution in [0, 0.1) is 0 Å². The Hall–Kier alpha value is -4.61. The molecule has 0 spiro atoms. The van der Waals surface area contributed by atoms with Gasteiger partial charge in [-0.2, -0.15) is 4.98 Å². The van der Waals surface area contributed by atoms with E-state index in [2.05, 4.69) is 41.6 Å². The monoisotopic (exact) mass is 511 g/mol. The van der Waals surface area contributed by atoms with Crippen LogP contribution in [0.4, 0.5) is 17.2 Å². The van der Waals surface area contributed by atoms with Crippen molar-refractivity contribution in [3.63, 3.8) is 0 Å². The smallest absolute Gasteiger partial charge is 0.277 e. The number of anilines is 3. The van der Waals surface area contributed by atoms with Crippen molar-refractivity contribution < 1.29 is 33.9 Å². The fourth-order valence-electron chi connectivity index (χ4n) is 3.02. The summed E-state index contributed by atoms with van der Waals surface area (Å²) in [7, 11) is 8.05.